The molecule has 0 aromatic heterocycles. The SMILES string of the molecule is C=CCc1cc(/C=C(\C#N)C(=O)Nc2ccc(C)cc2C)cc(OCC)c1OCCC. The van der Waals surface area contributed by atoms with Crippen LogP contribution in [0.1, 0.15) is 42.5 Å². The number of ether oxygens (including phenoxy) is 2. The molecule has 0 radical (unpaired) electrons. The summed E-state index contributed by atoms with van der Waals surface area (Å²) in [4.78, 5) is 12.7. The van der Waals surface area contributed by atoms with Gasteiger partial charge in [-0.2, -0.15) is 5.26 Å². The number of allylic oxidation sites excluding steroid dienone is 1. The lowest BCUT2D eigenvalue weighted by atomic mass is 10.0. The number of amides is 1. The lowest BCUT2D eigenvalue weighted by Crippen LogP contribution is -2.14. The second-order valence-corrected chi connectivity index (χ2v) is 7.22. The fourth-order valence-corrected chi connectivity index (χ4v) is 3.16. The Balaban J connectivity index is 2.42. The summed E-state index contributed by atoms with van der Waals surface area (Å²) in [5, 5.41) is 12.4. The number of carbonyl (C=O) groups excluding carboxylic acids is 1. The monoisotopic (exact) mass is 418 g/mol. The summed E-state index contributed by atoms with van der Waals surface area (Å²) >= 11 is 0. The predicted molar refractivity (Wildman–Crippen MR) is 125 cm³/mol. The van der Waals surface area contributed by atoms with Crippen molar-refractivity contribution in [2.24, 2.45) is 0 Å². The highest BCUT2D eigenvalue weighted by Crippen LogP contribution is 2.35. The summed E-state index contributed by atoms with van der Waals surface area (Å²) in [6, 6.07) is 11.4. The number of hydrogen-bond acceptors (Lipinski definition) is 4. The Morgan fingerprint density at radius 1 is 1.19 bits per heavy atom. The van der Waals surface area contributed by atoms with Crippen LogP contribution in [0.25, 0.3) is 6.08 Å². The van der Waals surface area contributed by atoms with E-state index >= 15 is 0 Å². The molecule has 0 aliphatic rings. The molecule has 2 aromatic carbocycles. The van der Waals surface area contributed by atoms with E-state index in [1.807, 2.05) is 58.0 Å². The molecule has 5 heteroatoms. The lowest BCUT2D eigenvalue weighted by molar-refractivity contribution is -0.112. The molecule has 0 fully saturated rings. The highest BCUT2D eigenvalue weighted by molar-refractivity contribution is 6.10. The molecule has 31 heavy (non-hydrogen) atoms. The number of nitriles is 1. The van der Waals surface area contributed by atoms with Gasteiger partial charge < -0.3 is 14.8 Å². The number of benzene rings is 2. The summed E-state index contributed by atoms with van der Waals surface area (Å²) < 4.78 is 11.7. The third kappa shape index (κ3) is 6.48. The number of rotatable bonds is 10. The van der Waals surface area contributed by atoms with Crippen LogP contribution in [-0.4, -0.2) is 19.1 Å². The molecular weight excluding hydrogens is 388 g/mol. The van der Waals surface area contributed by atoms with E-state index in [0.717, 1.165) is 23.1 Å². The summed E-state index contributed by atoms with van der Waals surface area (Å²) in [7, 11) is 0. The standard InChI is InChI=1S/C26H30N2O3/c1-6-9-21-14-20(16-24(30-8-3)25(21)31-12-7-2)15-22(17-27)26(29)28-23-11-10-18(4)13-19(23)5/h6,10-11,13-16H,1,7-9,12H2,2-5H3,(H,28,29)/b22-15+. The molecule has 0 heterocycles. The fraction of sp³-hybridized carbons (Fsp3) is 0.308. The van der Waals surface area contributed by atoms with Crippen LogP contribution in [0.3, 0.4) is 0 Å². The van der Waals surface area contributed by atoms with Crippen LogP contribution in [0.4, 0.5) is 5.69 Å². The number of carbonyl (C=O) groups is 1. The van der Waals surface area contributed by atoms with Crippen molar-refractivity contribution in [3.63, 3.8) is 0 Å². The number of aryl methyl sites for hydroxylation is 2. The summed E-state index contributed by atoms with van der Waals surface area (Å²) in [6.45, 7) is 12.7. The van der Waals surface area contributed by atoms with E-state index in [1.165, 1.54) is 0 Å². The Bertz CT molecular complexity index is 1020. The van der Waals surface area contributed by atoms with Crippen molar-refractivity contribution >= 4 is 17.7 Å². The van der Waals surface area contributed by atoms with Gasteiger partial charge in [0.2, 0.25) is 0 Å². The molecule has 2 aromatic rings. The maximum atomic E-state index is 12.7. The minimum atomic E-state index is -0.455. The Labute approximate surface area is 185 Å². The molecule has 0 atom stereocenters. The van der Waals surface area contributed by atoms with E-state index in [1.54, 1.807) is 18.2 Å². The first-order valence-electron chi connectivity index (χ1n) is 10.5. The third-order valence-electron chi connectivity index (χ3n) is 4.57. The molecule has 0 aliphatic heterocycles. The number of nitrogens with zero attached hydrogens (tertiary/aromatic N) is 1. The lowest BCUT2D eigenvalue weighted by Gasteiger charge is -2.16. The molecule has 0 unspecified atom stereocenters. The van der Waals surface area contributed by atoms with Crippen molar-refractivity contribution in [3.05, 3.63) is 70.8 Å². The zero-order valence-corrected chi connectivity index (χ0v) is 18.7. The number of anilines is 1. The maximum Gasteiger partial charge on any atom is 0.266 e. The van der Waals surface area contributed by atoms with Crippen LogP contribution < -0.4 is 14.8 Å². The van der Waals surface area contributed by atoms with Crippen molar-refractivity contribution in [3.8, 4) is 17.6 Å². The highest BCUT2D eigenvalue weighted by Gasteiger charge is 2.15. The van der Waals surface area contributed by atoms with Gasteiger partial charge in [0.25, 0.3) is 5.91 Å². The van der Waals surface area contributed by atoms with Crippen molar-refractivity contribution in [2.45, 2.75) is 40.5 Å². The van der Waals surface area contributed by atoms with Crippen molar-refractivity contribution in [1.29, 1.82) is 5.26 Å². The van der Waals surface area contributed by atoms with E-state index in [2.05, 4.69) is 11.9 Å². The summed E-state index contributed by atoms with van der Waals surface area (Å²) in [5.41, 5.74) is 4.32. The zero-order valence-electron chi connectivity index (χ0n) is 18.7. The van der Waals surface area contributed by atoms with Gasteiger partial charge in [-0.25, -0.2) is 0 Å². The van der Waals surface area contributed by atoms with Gasteiger partial charge in [0.05, 0.1) is 13.2 Å². The summed E-state index contributed by atoms with van der Waals surface area (Å²) in [6.07, 6.45) is 4.81. The fourth-order valence-electron chi connectivity index (χ4n) is 3.16. The van der Waals surface area contributed by atoms with Crippen LogP contribution in [0.15, 0.2) is 48.6 Å². The minimum Gasteiger partial charge on any atom is -0.490 e. The minimum absolute atomic E-state index is 0.00852. The number of nitrogens with one attached hydrogen (secondary N) is 1. The van der Waals surface area contributed by atoms with E-state index in [0.29, 0.717) is 42.4 Å². The zero-order chi connectivity index (χ0) is 22.8. The molecule has 0 saturated heterocycles. The average molecular weight is 419 g/mol. The van der Waals surface area contributed by atoms with E-state index in [4.69, 9.17) is 9.47 Å². The molecule has 1 N–H and O–H groups in total. The van der Waals surface area contributed by atoms with Crippen molar-refractivity contribution in [2.75, 3.05) is 18.5 Å². The second kappa shape index (κ2) is 11.6. The Morgan fingerprint density at radius 2 is 1.97 bits per heavy atom. The normalized spacial score (nSPS) is 10.9. The van der Waals surface area contributed by atoms with Gasteiger partial charge in [-0.15, -0.1) is 6.58 Å². The first kappa shape index (κ1) is 23.8. The van der Waals surface area contributed by atoms with Gasteiger partial charge in [0.1, 0.15) is 11.6 Å². The highest BCUT2D eigenvalue weighted by atomic mass is 16.5. The quantitative estimate of drug-likeness (QED) is 0.302. The van der Waals surface area contributed by atoms with Crippen molar-refractivity contribution in [1.82, 2.24) is 0 Å². The molecule has 0 spiro atoms. The largest absolute Gasteiger partial charge is 0.490 e. The molecule has 0 saturated carbocycles. The summed E-state index contributed by atoms with van der Waals surface area (Å²) in [5.74, 6) is 0.816. The molecule has 0 bridgehead atoms. The Hall–Kier alpha value is -3.52. The van der Waals surface area contributed by atoms with Crippen LogP contribution >= 0.6 is 0 Å². The molecule has 1 amide bonds. The van der Waals surface area contributed by atoms with E-state index in [-0.39, 0.29) is 5.57 Å². The Kier molecular flexibility index (Phi) is 8.90. The van der Waals surface area contributed by atoms with Gasteiger partial charge in [0.15, 0.2) is 11.5 Å². The second-order valence-electron chi connectivity index (χ2n) is 7.22. The average Bonchev–Trinajstić information content (AvgIpc) is 2.73. The van der Waals surface area contributed by atoms with Gasteiger partial charge in [-0.05, 0) is 69.0 Å². The van der Waals surface area contributed by atoms with E-state index < -0.39 is 5.91 Å². The van der Waals surface area contributed by atoms with Gasteiger partial charge in [-0.3, -0.25) is 4.79 Å². The Morgan fingerprint density at radius 3 is 2.58 bits per heavy atom. The molecule has 162 valence electrons. The topological polar surface area (TPSA) is 71.4 Å². The maximum absolute atomic E-state index is 12.7. The van der Waals surface area contributed by atoms with Crippen LogP contribution in [0, 0.1) is 25.2 Å². The molecule has 2 rings (SSSR count). The van der Waals surface area contributed by atoms with E-state index in [9.17, 15) is 10.1 Å². The molecular formula is C26H30N2O3. The molecule has 5 nitrogen and oxygen atoms in total. The predicted octanol–water partition coefficient (Wildman–Crippen LogP) is 5.77. The smallest absolute Gasteiger partial charge is 0.266 e. The first-order valence-corrected chi connectivity index (χ1v) is 10.5. The molecule has 0 aliphatic carbocycles. The third-order valence-corrected chi connectivity index (χ3v) is 4.57. The van der Waals surface area contributed by atoms with Crippen LogP contribution in [0.5, 0.6) is 11.5 Å². The van der Waals surface area contributed by atoms with Gasteiger partial charge in [0, 0.05) is 11.3 Å². The van der Waals surface area contributed by atoms with Gasteiger partial charge in [-0.1, -0.05) is 30.7 Å². The van der Waals surface area contributed by atoms with Crippen molar-refractivity contribution < 1.29 is 14.3 Å². The van der Waals surface area contributed by atoms with Gasteiger partial charge >= 0.3 is 0 Å². The first-order chi connectivity index (χ1) is 14.9. The van der Waals surface area contributed by atoms with Crippen LogP contribution in [-0.2, 0) is 11.2 Å². The van der Waals surface area contributed by atoms with Crippen LogP contribution in [0.2, 0.25) is 0 Å². The number of hydrogen-bond donors (Lipinski definition) is 1.